The summed E-state index contributed by atoms with van der Waals surface area (Å²) in [7, 11) is 3.07. The van der Waals surface area contributed by atoms with E-state index in [-0.39, 0.29) is 12.5 Å². The van der Waals surface area contributed by atoms with Crippen molar-refractivity contribution < 1.29 is 19.0 Å². The molecule has 0 unspecified atom stereocenters. The van der Waals surface area contributed by atoms with Gasteiger partial charge < -0.3 is 19.5 Å². The van der Waals surface area contributed by atoms with Crippen molar-refractivity contribution in [3.8, 4) is 28.0 Å². The number of hydrogen-bond donors (Lipinski definition) is 1. The molecule has 0 saturated carbocycles. The minimum absolute atomic E-state index is 0.241. The Morgan fingerprint density at radius 1 is 1.07 bits per heavy atom. The highest BCUT2D eigenvalue weighted by atomic mass is 32.1. The molecule has 0 radical (unpaired) electrons. The number of thiophene rings is 1. The van der Waals surface area contributed by atoms with Crippen LogP contribution in [0.2, 0.25) is 0 Å². The molecule has 3 aromatic rings. The lowest BCUT2D eigenvalue weighted by Crippen LogP contribution is -2.28. The maximum atomic E-state index is 12.3. The van der Waals surface area contributed by atoms with Crippen LogP contribution in [0.3, 0.4) is 0 Å². The second-order valence-corrected chi connectivity index (χ2v) is 6.39. The lowest BCUT2D eigenvalue weighted by Gasteiger charge is -2.10. The first kappa shape index (κ1) is 18.7. The van der Waals surface area contributed by atoms with Gasteiger partial charge in [0.2, 0.25) is 5.88 Å². The zero-order valence-electron chi connectivity index (χ0n) is 15.0. The van der Waals surface area contributed by atoms with Crippen molar-refractivity contribution in [2.24, 2.45) is 0 Å². The summed E-state index contributed by atoms with van der Waals surface area (Å²) in [6.07, 6.45) is 0. The van der Waals surface area contributed by atoms with Gasteiger partial charge in [-0.25, -0.2) is 0 Å². The molecule has 2 aromatic heterocycles. The van der Waals surface area contributed by atoms with Crippen molar-refractivity contribution in [1.82, 2.24) is 15.5 Å². The highest BCUT2D eigenvalue weighted by Gasteiger charge is 2.09. The molecule has 140 valence electrons. The van der Waals surface area contributed by atoms with E-state index >= 15 is 0 Å². The highest BCUT2D eigenvalue weighted by Crippen LogP contribution is 2.23. The lowest BCUT2D eigenvalue weighted by molar-refractivity contribution is 0.0946. The second-order valence-electron chi connectivity index (χ2n) is 5.44. The number of carbonyl (C=O) groups excluding carboxylic acids is 1. The fraction of sp³-hybridized carbons (Fsp3) is 0.211. The van der Waals surface area contributed by atoms with E-state index in [1.807, 2.05) is 23.6 Å². The van der Waals surface area contributed by atoms with Gasteiger partial charge in [-0.15, -0.1) is 21.5 Å². The lowest BCUT2D eigenvalue weighted by atomic mass is 10.2. The van der Waals surface area contributed by atoms with Gasteiger partial charge in [-0.3, -0.25) is 4.79 Å². The molecule has 27 heavy (non-hydrogen) atoms. The molecule has 0 aliphatic heterocycles. The van der Waals surface area contributed by atoms with Crippen molar-refractivity contribution >= 4 is 17.2 Å². The molecule has 7 nitrogen and oxygen atoms in total. The van der Waals surface area contributed by atoms with E-state index < -0.39 is 0 Å². The number of rotatable bonds is 8. The van der Waals surface area contributed by atoms with E-state index in [2.05, 4.69) is 15.5 Å². The van der Waals surface area contributed by atoms with E-state index in [4.69, 9.17) is 14.2 Å². The summed E-state index contributed by atoms with van der Waals surface area (Å²) in [6.45, 7) is 0.604. The Labute approximate surface area is 160 Å². The van der Waals surface area contributed by atoms with Crippen LogP contribution in [0, 0.1) is 0 Å². The van der Waals surface area contributed by atoms with Gasteiger partial charge in [-0.05, 0) is 29.6 Å². The van der Waals surface area contributed by atoms with Gasteiger partial charge in [-0.2, -0.15) is 0 Å². The monoisotopic (exact) mass is 385 g/mol. The third-order valence-corrected chi connectivity index (χ3v) is 4.56. The largest absolute Gasteiger partial charge is 0.497 e. The fourth-order valence-corrected chi connectivity index (χ4v) is 3.00. The van der Waals surface area contributed by atoms with Gasteiger partial charge in [-0.1, -0.05) is 6.07 Å². The quantitative estimate of drug-likeness (QED) is 0.600. The summed E-state index contributed by atoms with van der Waals surface area (Å²) < 4.78 is 15.9. The van der Waals surface area contributed by atoms with Gasteiger partial charge in [0.25, 0.3) is 5.91 Å². The number of methoxy groups -OCH3 is 2. The molecule has 2 heterocycles. The summed E-state index contributed by atoms with van der Waals surface area (Å²) >= 11 is 1.60. The Kier molecular flexibility index (Phi) is 6.22. The molecule has 8 heteroatoms. The fourth-order valence-electron chi connectivity index (χ4n) is 2.31. The first-order valence-electron chi connectivity index (χ1n) is 8.21. The summed E-state index contributed by atoms with van der Waals surface area (Å²) in [4.78, 5) is 13.3. The van der Waals surface area contributed by atoms with Gasteiger partial charge in [0, 0.05) is 17.7 Å². The molecule has 0 atom stereocenters. The molecule has 0 saturated heterocycles. The van der Waals surface area contributed by atoms with Crippen LogP contribution in [0.15, 0.2) is 47.8 Å². The highest BCUT2D eigenvalue weighted by molar-refractivity contribution is 7.13. The van der Waals surface area contributed by atoms with Crippen LogP contribution in [-0.2, 0) is 0 Å². The molecule has 0 spiro atoms. The molecule has 0 fully saturated rings. The maximum absolute atomic E-state index is 12.3. The molecule has 0 bridgehead atoms. The SMILES string of the molecule is COc1cc(OC)cc(C(=O)NCCOc2ccc(-c3cccs3)nn2)c1. The molecule has 0 aliphatic rings. The van der Waals surface area contributed by atoms with Crippen molar-refractivity contribution in [3.63, 3.8) is 0 Å². The Bertz CT molecular complexity index is 860. The van der Waals surface area contributed by atoms with Crippen molar-refractivity contribution in [2.45, 2.75) is 0 Å². The molecular formula is C19H19N3O4S. The minimum atomic E-state index is -0.241. The smallest absolute Gasteiger partial charge is 0.251 e. The maximum Gasteiger partial charge on any atom is 0.251 e. The number of carbonyl (C=O) groups is 1. The van der Waals surface area contributed by atoms with Gasteiger partial charge >= 0.3 is 0 Å². The predicted molar refractivity (Wildman–Crippen MR) is 103 cm³/mol. The number of aromatic nitrogens is 2. The van der Waals surface area contributed by atoms with Crippen LogP contribution in [0.1, 0.15) is 10.4 Å². The van der Waals surface area contributed by atoms with Gasteiger partial charge in [0.05, 0.1) is 25.6 Å². The first-order chi connectivity index (χ1) is 13.2. The Morgan fingerprint density at radius 2 is 1.85 bits per heavy atom. The minimum Gasteiger partial charge on any atom is -0.497 e. The average molecular weight is 385 g/mol. The van der Waals surface area contributed by atoms with E-state index in [1.54, 1.807) is 35.6 Å². The molecule has 1 aromatic carbocycles. The van der Waals surface area contributed by atoms with E-state index in [0.29, 0.717) is 29.5 Å². The normalized spacial score (nSPS) is 10.3. The topological polar surface area (TPSA) is 82.6 Å². The summed E-state index contributed by atoms with van der Waals surface area (Å²) in [6, 6.07) is 12.6. The zero-order valence-corrected chi connectivity index (χ0v) is 15.8. The zero-order chi connectivity index (χ0) is 19.1. The number of nitrogens with zero attached hydrogens (tertiary/aromatic N) is 2. The standard InChI is InChI=1S/C19H19N3O4S/c1-24-14-10-13(11-15(12-14)25-2)19(23)20-7-8-26-18-6-5-16(21-22-18)17-4-3-9-27-17/h3-6,9-12H,7-8H2,1-2H3,(H,20,23). The third-order valence-electron chi connectivity index (χ3n) is 3.66. The number of benzene rings is 1. The summed E-state index contributed by atoms with van der Waals surface area (Å²) in [5.74, 6) is 1.27. The summed E-state index contributed by atoms with van der Waals surface area (Å²) in [5, 5.41) is 13.0. The van der Waals surface area contributed by atoms with Crippen LogP contribution >= 0.6 is 11.3 Å². The van der Waals surface area contributed by atoms with E-state index in [1.165, 1.54) is 14.2 Å². The first-order valence-corrected chi connectivity index (χ1v) is 9.09. The van der Waals surface area contributed by atoms with Crippen LogP contribution < -0.4 is 19.5 Å². The second kappa shape index (κ2) is 9.00. The predicted octanol–water partition coefficient (Wildman–Crippen LogP) is 3.03. The van der Waals surface area contributed by atoms with Crippen molar-refractivity contribution in [2.75, 3.05) is 27.4 Å². The number of amides is 1. The van der Waals surface area contributed by atoms with E-state index in [9.17, 15) is 4.79 Å². The molecule has 1 amide bonds. The number of nitrogens with one attached hydrogen (secondary N) is 1. The van der Waals surface area contributed by atoms with E-state index in [0.717, 1.165) is 10.6 Å². The molecular weight excluding hydrogens is 366 g/mol. The Balaban J connectivity index is 1.49. The van der Waals surface area contributed by atoms with Crippen LogP contribution in [0.4, 0.5) is 0 Å². The van der Waals surface area contributed by atoms with Crippen molar-refractivity contribution in [3.05, 3.63) is 53.4 Å². The van der Waals surface area contributed by atoms with Crippen LogP contribution in [-0.4, -0.2) is 43.5 Å². The van der Waals surface area contributed by atoms with Gasteiger partial charge in [0.1, 0.15) is 23.8 Å². The summed E-state index contributed by atoms with van der Waals surface area (Å²) in [5.41, 5.74) is 1.25. The number of ether oxygens (including phenoxy) is 3. The van der Waals surface area contributed by atoms with Crippen molar-refractivity contribution in [1.29, 1.82) is 0 Å². The van der Waals surface area contributed by atoms with Crippen LogP contribution in [0.25, 0.3) is 10.6 Å². The third kappa shape index (κ3) is 4.95. The Morgan fingerprint density at radius 3 is 2.44 bits per heavy atom. The van der Waals surface area contributed by atoms with Crippen LogP contribution in [0.5, 0.6) is 17.4 Å². The molecule has 0 aliphatic carbocycles. The van der Waals surface area contributed by atoms with Gasteiger partial charge in [0.15, 0.2) is 0 Å². The molecule has 3 rings (SSSR count). The molecule has 1 N–H and O–H groups in total. The number of hydrogen-bond acceptors (Lipinski definition) is 7. The Hall–Kier alpha value is -3.13. The average Bonchev–Trinajstić information content (AvgIpc) is 3.26.